The van der Waals surface area contributed by atoms with Crippen LogP contribution in [0.1, 0.15) is 30.0 Å². The van der Waals surface area contributed by atoms with Crippen LogP contribution in [0.15, 0.2) is 91.0 Å². The molecule has 4 rings (SSSR count). The highest BCUT2D eigenvalue weighted by molar-refractivity contribution is 5.75. The molecule has 0 spiro atoms. The minimum absolute atomic E-state index is 1.10. The SMILES string of the molecule is CCCc1cc(-c2ccc(-c3ccc(C)cc3)cc2)ccc1-c1ccc(C)cc1. The highest BCUT2D eigenvalue weighted by atomic mass is 14.1. The van der Waals surface area contributed by atoms with Gasteiger partial charge in [-0.25, -0.2) is 0 Å². The summed E-state index contributed by atoms with van der Waals surface area (Å²) in [5.41, 5.74) is 11.8. The summed E-state index contributed by atoms with van der Waals surface area (Å²) in [5.74, 6) is 0. The Hall–Kier alpha value is -3.12. The largest absolute Gasteiger partial charge is 0.0651 e. The Kier molecular flexibility index (Phi) is 5.62. The third kappa shape index (κ3) is 4.32. The Morgan fingerprint density at radius 2 is 0.897 bits per heavy atom. The zero-order valence-corrected chi connectivity index (χ0v) is 17.6. The van der Waals surface area contributed by atoms with Gasteiger partial charge >= 0.3 is 0 Å². The molecular formula is C29H28. The van der Waals surface area contributed by atoms with Crippen molar-refractivity contribution in [3.8, 4) is 33.4 Å². The summed E-state index contributed by atoms with van der Waals surface area (Å²) < 4.78 is 0. The first-order chi connectivity index (χ1) is 14.1. The standard InChI is InChI=1S/C29H28/c1-4-5-28-20-27(18-19-29(28)26-12-8-22(3)9-13-26)25-16-14-24(15-17-25)23-10-6-21(2)7-11-23/h6-20H,4-5H2,1-3H3. The zero-order chi connectivity index (χ0) is 20.2. The fraction of sp³-hybridized carbons (Fsp3) is 0.172. The number of aryl methyl sites for hydroxylation is 3. The molecule has 0 heteroatoms. The van der Waals surface area contributed by atoms with Gasteiger partial charge in [0.2, 0.25) is 0 Å². The van der Waals surface area contributed by atoms with Crippen LogP contribution in [-0.4, -0.2) is 0 Å². The van der Waals surface area contributed by atoms with Crippen LogP contribution in [0.5, 0.6) is 0 Å². The fourth-order valence-corrected chi connectivity index (χ4v) is 3.87. The van der Waals surface area contributed by atoms with Crippen molar-refractivity contribution in [1.82, 2.24) is 0 Å². The van der Waals surface area contributed by atoms with Crippen LogP contribution in [0.25, 0.3) is 33.4 Å². The van der Waals surface area contributed by atoms with Gasteiger partial charge < -0.3 is 0 Å². The van der Waals surface area contributed by atoms with Crippen molar-refractivity contribution in [1.29, 1.82) is 0 Å². The topological polar surface area (TPSA) is 0 Å². The predicted molar refractivity (Wildman–Crippen MR) is 126 cm³/mol. The molecular weight excluding hydrogens is 348 g/mol. The zero-order valence-electron chi connectivity index (χ0n) is 17.6. The van der Waals surface area contributed by atoms with Crippen LogP contribution in [0.4, 0.5) is 0 Å². The van der Waals surface area contributed by atoms with Gasteiger partial charge in [-0.3, -0.25) is 0 Å². The van der Waals surface area contributed by atoms with Gasteiger partial charge in [-0.2, -0.15) is 0 Å². The Balaban J connectivity index is 1.67. The van der Waals surface area contributed by atoms with Crippen molar-refractivity contribution in [2.45, 2.75) is 33.6 Å². The van der Waals surface area contributed by atoms with Crippen LogP contribution in [0.3, 0.4) is 0 Å². The first kappa shape index (κ1) is 19.2. The number of benzene rings is 4. The van der Waals surface area contributed by atoms with Crippen LogP contribution in [0.2, 0.25) is 0 Å². The minimum Gasteiger partial charge on any atom is -0.0651 e. The van der Waals surface area contributed by atoms with Crippen molar-refractivity contribution in [3.63, 3.8) is 0 Å². The first-order valence-electron chi connectivity index (χ1n) is 10.5. The lowest BCUT2D eigenvalue weighted by Crippen LogP contribution is -1.91. The third-order valence-corrected chi connectivity index (χ3v) is 5.59. The molecule has 0 atom stereocenters. The molecule has 0 radical (unpaired) electrons. The summed E-state index contributed by atoms with van der Waals surface area (Å²) in [5, 5.41) is 0. The van der Waals surface area contributed by atoms with Gasteiger partial charge in [0.1, 0.15) is 0 Å². The van der Waals surface area contributed by atoms with E-state index in [1.54, 1.807) is 0 Å². The molecule has 0 saturated carbocycles. The molecule has 0 aliphatic rings. The molecule has 0 aliphatic carbocycles. The van der Waals surface area contributed by atoms with E-state index in [0.29, 0.717) is 0 Å². The lowest BCUT2D eigenvalue weighted by Gasteiger charge is -2.13. The smallest absolute Gasteiger partial charge is 0.0151 e. The van der Waals surface area contributed by atoms with Gasteiger partial charge in [-0.1, -0.05) is 115 Å². The Morgan fingerprint density at radius 3 is 1.41 bits per heavy atom. The monoisotopic (exact) mass is 376 g/mol. The normalized spacial score (nSPS) is 10.9. The van der Waals surface area contributed by atoms with Gasteiger partial charge in [0.05, 0.1) is 0 Å². The molecule has 0 saturated heterocycles. The average Bonchev–Trinajstić information content (AvgIpc) is 2.75. The molecule has 0 aromatic heterocycles. The summed E-state index contributed by atoms with van der Waals surface area (Å²) in [6.45, 7) is 6.52. The molecule has 0 fully saturated rings. The van der Waals surface area contributed by atoms with E-state index in [0.717, 1.165) is 12.8 Å². The van der Waals surface area contributed by atoms with Crippen molar-refractivity contribution < 1.29 is 0 Å². The van der Waals surface area contributed by atoms with Gasteiger partial charge in [0.15, 0.2) is 0 Å². The summed E-state index contributed by atoms with van der Waals surface area (Å²) in [6.07, 6.45) is 2.24. The van der Waals surface area contributed by atoms with E-state index in [4.69, 9.17) is 0 Å². The second-order valence-electron chi connectivity index (χ2n) is 7.93. The second-order valence-corrected chi connectivity index (χ2v) is 7.93. The molecule has 144 valence electrons. The van der Waals surface area contributed by atoms with Gasteiger partial charge in [0, 0.05) is 0 Å². The van der Waals surface area contributed by atoms with Crippen LogP contribution >= 0.6 is 0 Å². The van der Waals surface area contributed by atoms with Crippen molar-refractivity contribution in [2.24, 2.45) is 0 Å². The van der Waals surface area contributed by atoms with E-state index < -0.39 is 0 Å². The lowest BCUT2D eigenvalue weighted by atomic mass is 9.92. The van der Waals surface area contributed by atoms with E-state index in [1.165, 1.54) is 50.1 Å². The quantitative estimate of drug-likeness (QED) is 0.329. The van der Waals surface area contributed by atoms with Crippen molar-refractivity contribution >= 4 is 0 Å². The van der Waals surface area contributed by atoms with Crippen LogP contribution in [-0.2, 0) is 6.42 Å². The number of hydrogen-bond acceptors (Lipinski definition) is 0. The Labute approximate surface area is 174 Å². The second kappa shape index (κ2) is 8.49. The lowest BCUT2D eigenvalue weighted by molar-refractivity contribution is 0.924. The van der Waals surface area contributed by atoms with E-state index in [9.17, 15) is 0 Å². The van der Waals surface area contributed by atoms with Crippen molar-refractivity contribution in [2.75, 3.05) is 0 Å². The Bertz CT molecular complexity index is 1080. The predicted octanol–water partition coefficient (Wildman–Crippen LogP) is 8.26. The van der Waals surface area contributed by atoms with Crippen LogP contribution < -0.4 is 0 Å². The highest BCUT2D eigenvalue weighted by Gasteiger charge is 2.08. The summed E-state index contributed by atoms with van der Waals surface area (Å²) in [6, 6.07) is 33.5. The summed E-state index contributed by atoms with van der Waals surface area (Å²) >= 11 is 0. The molecule has 0 aliphatic heterocycles. The molecule has 29 heavy (non-hydrogen) atoms. The first-order valence-corrected chi connectivity index (χ1v) is 10.5. The maximum absolute atomic E-state index is 2.37. The molecule has 0 bridgehead atoms. The van der Waals surface area contributed by atoms with Crippen LogP contribution in [0, 0.1) is 13.8 Å². The molecule has 0 unspecified atom stereocenters. The van der Waals surface area contributed by atoms with E-state index >= 15 is 0 Å². The molecule has 0 amide bonds. The van der Waals surface area contributed by atoms with E-state index in [2.05, 4.69) is 112 Å². The van der Waals surface area contributed by atoms with E-state index in [1.807, 2.05) is 0 Å². The van der Waals surface area contributed by atoms with Gasteiger partial charge in [-0.15, -0.1) is 0 Å². The van der Waals surface area contributed by atoms with Crippen molar-refractivity contribution in [3.05, 3.63) is 108 Å². The maximum Gasteiger partial charge on any atom is -0.0151 e. The molecule has 4 aromatic rings. The Morgan fingerprint density at radius 1 is 0.483 bits per heavy atom. The van der Waals surface area contributed by atoms with Gasteiger partial charge in [-0.05, 0) is 59.2 Å². The molecule has 4 aromatic carbocycles. The third-order valence-electron chi connectivity index (χ3n) is 5.59. The minimum atomic E-state index is 1.10. The number of hydrogen-bond donors (Lipinski definition) is 0. The molecule has 0 heterocycles. The highest BCUT2D eigenvalue weighted by Crippen LogP contribution is 2.31. The fourth-order valence-electron chi connectivity index (χ4n) is 3.87. The summed E-state index contributed by atoms with van der Waals surface area (Å²) in [7, 11) is 0. The summed E-state index contributed by atoms with van der Waals surface area (Å²) in [4.78, 5) is 0. The average molecular weight is 377 g/mol. The molecule has 0 N–H and O–H groups in total. The van der Waals surface area contributed by atoms with E-state index in [-0.39, 0.29) is 0 Å². The molecule has 0 nitrogen and oxygen atoms in total. The maximum atomic E-state index is 2.37. The number of rotatable bonds is 5. The van der Waals surface area contributed by atoms with Gasteiger partial charge in [0.25, 0.3) is 0 Å².